The summed E-state index contributed by atoms with van der Waals surface area (Å²) in [5.74, 6) is 0.285. The van der Waals surface area contributed by atoms with Gasteiger partial charge in [0.25, 0.3) is 0 Å². The van der Waals surface area contributed by atoms with Crippen LogP contribution in [0.4, 0.5) is 11.5 Å². The fraction of sp³-hybridized carbons (Fsp3) is 0.500. The van der Waals surface area contributed by atoms with E-state index in [1.54, 1.807) is 11.9 Å². The number of rotatable bonds is 5. The molecule has 114 valence electrons. The van der Waals surface area contributed by atoms with Crippen LogP contribution in [0.5, 0.6) is 0 Å². The van der Waals surface area contributed by atoms with E-state index in [0.29, 0.717) is 25.3 Å². The minimum absolute atomic E-state index is 0.181. The van der Waals surface area contributed by atoms with E-state index >= 15 is 0 Å². The van der Waals surface area contributed by atoms with Crippen LogP contribution >= 0.6 is 0 Å². The first kappa shape index (κ1) is 15.0. The third-order valence-electron chi connectivity index (χ3n) is 3.55. The van der Waals surface area contributed by atoms with Gasteiger partial charge in [0, 0.05) is 31.4 Å². The Bertz CT molecular complexity index is 571. The highest BCUT2D eigenvalue weighted by molar-refractivity contribution is 5.97. The molecule has 1 saturated carbocycles. The molecule has 4 N–H and O–H groups in total. The molecular weight excluding hydrogens is 278 g/mol. The van der Waals surface area contributed by atoms with E-state index in [9.17, 15) is 15.2 Å². The quantitative estimate of drug-likeness (QED) is 0.233. The van der Waals surface area contributed by atoms with Gasteiger partial charge in [0.05, 0.1) is 11.0 Å². The molecule has 0 atom stereocenters. The third-order valence-corrected chi connectivity index (χ3v) is 3.55. The van der Waals surface area contributed by atoms with E-state index < -0.39 is 4.92 Å². The van der Waals surface area contributed by atoms with Crippen LogP contribution in [0.15, 0.2) is 17.4 Å². The smallest absolute Gasteiger partial charge is 0.312 e. The van der Waals surface area contributed by atoms with Gasteiger partial charge in [-0.3, -0.25) is 10.1 Å². The van der Waals surface area contributed by atoms with Gasteiger partial charge in [0.1, 0.15) is 0 Å². The molecule has 9 nitrogen and oxygen atoms in total. The zero-order valence-corrected chi connectivity index (χ0v) is 11.5. The number of hydrogen-bond donors (Lipinski definition) is 3. The van der Waals surface area contributed by atoms with Gasteiger partial charge < -0.3 is 20.9 Å². The summed E-state index contributed by atoms with van der Waals surface area (Å²) in [6, 6.07) is 1.23. The summed E-state index contributed by atoms with van der Waals surface area (Å²) >= 11 is 0. The number of nitro groups is 1. The monoisotopic (exact) mass is 295 g/mol. The molecule has 1 fully saturated rings. The first-order chi connectivity index (χ1) is 9.92. The highest BCUT2D eigenvalue weighted by Crippen LogP contribution is 2.31. The second kappa shape index (κ2) is 5.92. The lowest BCUT2D eigenvalue weighted by molar-refractivity contribution is -0.384. The van der Waals surface area contributed by atoms with Crippen molar-refractivity contribution >= 4 is 17.3 Å². The lowest BCUT2D eigenvalue weighted by atomic mass is 9.82. The van der Waals surface area contributed by atoms with Crippen molar-refractivity contribution in [1.82, 2.24) is 4.98 Å². The summed E-state index contributed by atoms with van der Waals surface area (Å²) < 4.78 is 0. The maximum absolute atomic E-state index is 11.2. The van der Waals surface area contributed by atoms with Crippen LogP contribution in [0, 0.1) is 16.0 Å². The molecule has 0 saturated heterocycles. The van der Waals surface area contributed by atoms with Crippen molar-refractivity contribution in [3.8, 4) is 0 Å². The van der Waals surface area contributed by atoms with E-state index in [1.165, 1.54) is 12.3 Å². The molecule has 0 aromatic carbocycles. The first-order valence-electron chi connectivity index (χ1n) is 6.44. The molecule has 21 heavy (non-hydrogen) atoms. The summed E-state index contributed by atoms with van der Waals surface area (Å²) in [4.78, 5) is 16.3. The Labute approximate surface area is 120 Å². The number of aliphatic hydroxyl groups excluding tert-OH is 1. The summed E-state index contributed by atoms with van der Waals surface area (Å²) in [6.45, 7) is 0.577. The summed E-state index contributed by atoms with van der Waals surface area (Å²) in [5, 5.41) is 31.9. The Hall–Kier alpha value is -2.42. The van der Waals surface area contributed by atoms with Gasteiger partial charge >= 0.3 is 5.69 Å². The molecule has 1 aliphatic carbocycles. The van der Waals surface area contributed by atoms with Crippen molar-refractivity contribution in [2.45, 2.75) is 18.9 Å². The Morgan fingerprint density at radius 2 is 2.33 bits per heavy atom. The second-order valence-corrected chi connectivity index (χ2v) is 5.18. The fourth-order valence-corrected chi connectivity index (χ4v) is 2.40. The van der Waals surface area contributed by atoms with Crippen LogP contribution in [0.1, 0.15) is 18.4 Å². The minimum Gasteiger partial charge on any atom is -0.409 e. The predicted molar refractivity (Wildman–Crippen MR) is 75.4 cm³/mol. The molecule has 0 radical (unpaired) electrons. The molecule has 1 heterocycles. The number of nitrogens with zero attached hydrogens (tertiary/aromatic N) is 4. The van der Waals surface area contributed by atoms with E-state index in [1.807, 2.05) is 0 Å². The average Bonchev–Trinajstić information content (AvgIpc) is 2.43. The zero-order valence-electron chi connectivity index (χ0n) is 11.5. The molecule has 0 aliphatic heterocycles. The first-order valence-corrected chi connectivity index (χ1v) is 6.44. The lowest BCUT2D eigenvalue weighted by Crippen LogP contribution is -2.37. The van der Waals surface area contributed by atoms with Crippen LogP contribution < -0.4 is 10.6 Å². The number of hydrogen-bond acceptors (Lipinski definition) is 7. The number of oxime groups is 1. The van der Waals surface area contributed by atoms with Crippen LogP contribution in [0.2, 0.25) is 0 Å². The molecule has 2 rings (SSSR count). The minimum atomic E-state index is -0.553. The number of anilines is 1. The van der Waals surface area contributed by atoms with Gasteiger partial charge in [-0.1, -0.05) is 5.16 Å². The van der Waals surface area contributed by atoms with Crippen molar-refractivity contribution in [2.75, 3.05) is 18.5 Å². The summed E-state index contributed by atoms with van der Waals surface area (Å²) in [6.07, 6.45) is 2.44. The maximum Gasteiger partial charge on any atom is 0.312 e. The normalized spacial score (nSPS) is 21.7. The lowest BCUT2D eigenvalue weighted by Gasteiger charge is -2.34. The Kier molecular flexibility index (Phi) is 4.22. The number of aliphatic hydroxyl groups is 1. The maximum atomic E-state index is 11.2. The van der Waals surface area contributed by atoms with Crippen molar-refractivity contribution in [2.24, 2.45) is 16.8 Å². The van der Waals surface area contributed by atoms with Crippen molar-refractivity contribution in [1.29, 1.82) is 0 Å². The molecule has 0 amide bonds. The van der Waals surface area contributed by atoms with E-state index in [0.717, 1.165) is 0 Å². The number of amidine groups is 1. The van der Waals surface area contributed by atoms with Crippen LogP contribution in [-0.2, 0) is 0 Å². The Morgan fingerprint density at radius 1 is 1.67 bits per heavy atom. The van der Waals surface area contributed by atoms with Crippen molar-refractivity contribution in [3.05, 3.63) is 27.9 Å². The van der Waals surface area contributed by atoms with Gasteiger partial charge in [-0.05, 0) is 18.8 Å². The van der Waals surface area contributed by atoms with Crippen molar-refractivity contribution < 1.29 is 15.2 Å². The zero-order chi connectivity index (χ0) is 15.6. The third kappa shape index (κ3) is 3.19. The number of nitrogens with two attached hydrogens (primary N) is 1. The summed E-state index contributed by atoms with van der Waals surface area (Å²) in [7, 11) is 1.71. The Balaban J connectivity index is 2.23. The SMILES string of the molecule is CN(CC1CC(O)C1)c1ncc(C(N)=NO)cc1[N+](=O)[O-]. The van der Waals surface area contributed by atoms with Gasteiger partial charge in [-0.2, -0.15) is 0 Å². The highest BCUT2D eigenvalue weighted by atomic mass is 16.6. The fourth-order valence-electron chi connectivity index (χ4n) is 2.40. The molecule has 0 unspecified atom stereocenters. The van der Waals surface area contributed by atoms with Crippen LogP contribution in [-0.4, -0.2) is 45.8 Å². The number of pyridine rings is 1. The molecule has 0 spiro atoms. The molecule has 1 aliphatic rings. The van der Waals surface area contributed by atoms with E-state index in [4.69, 9.17) is 10.9 Å². The number of aromatic nitrogens is 1. The van der Waals surface area contributed by atoms with Gasteiger partial charge in [0.2, 0.25) is 5.82 Å². The molecule has 1 aromatic heterocycles. The van der Waals surface area contributed by atoms with E-state index in [2.05, 4.69) is 10.1 Å². The second-order valence-electron chi connectivity index (χ2n) is 5.18. The molecule has 0 bridgehead atoms. The van der Waals surface area contributed by atoms with Gasteiger partial charge in [0.15, 0.2) is 5.84 Å². The molecular formula is C12H17N5O4. The predicted octanol–water partition coefficient (Wildman–Crippen LogP) is 0.291. The standard InChI is InChI=1S/C12H17N5O4/c1-16(6-7-2-9(18)3-7)12-10(17(20)21)4-8(5-14-12)11(13)15-19/h4-5,7,9,18-19H,2-3,6H2,1H3,(H2,13,15). The average molecular weight is 295 g/mol. The topological polar surface area (TPSA) is 138 Å². The largest absolute Gasteiger partial charge is 0.409 e. The molecule has 1 aromatic rings. The van der Waals surface area contributed by atoms with E-state index in [-0.39, 0.29) is 29.0 Å². The molecule has 9 heteroatoms. The van der Waals surface area contributed by atoms with Crippen molar-refractivity contribution in [3.63, 3.8) is 0 Å². The van der Waals surface area contributed by atoms with Crippen LogP contribution in [0.3, 0.4) is 0 Å². The van der Waals surface area contributed by atoms with Gasteiger partial charge in [-0.15, -0.1) is 0 Å². The highest BCUT2D eigenvalue weighted by Gasteiger charge is 2.30. The summed E-state index contributed by atoms with van der Waals surface area (Å²) in [5.41, 5.74) is 5.39. The van der Waals surface area contributed by atoms with Gasteiger partial charge in [-0.25, -0.2) is 4.98 Å². The Morgan fingerprint density at radius 3 is 2.86 bits per heavy atom. The van der Waals surface area contributed by atoms with Crippen LogP contribution in [0.25, 0.3) is 0 Å².